The fourth-order valence-corrected chi connectivity index (χ4v) is 4.09. The molecular weight excluding hydrogens is 561 g/mol. The third-order valence-corrected chi connectivity index (χ3v) is 5.96. The van der Waals surface area contributed by atoms with Crippen molar-refractivity contribution >= 4 is 38.8 Å². The molecule has 0 unspecified atom stereocenters. The van der Waals surface area contributed by atoms with Gasteiger partial charge in [0, 0.05) is 33.1 Å². The van der Waals surface area contributed by atoms with Crippen LogP contribution in [0.3, 0.4) is 0 Å². The smallest absolute Gasteiger partial charge is 0.427 e. The Labute approximate surface area is 226 Å². The molecule has 0 N–H and O–H groups in total. The Morgan fingerprint density at radius 2 is 1.68 bits per heavy atom. The minimum absolute atomic E-state index is 0.0232. The predicted octanol–water partition coefficient (Wildman–Crippen LogP) is 4.54. The van der Waals surface area contributed by atoms with E-state index in [2.05, 4.69) is 19.0 Å². The fourth-order valence-electron chi connectivity index (χ4n) is 3.67. The number of fused-ring (bicyclic) bond motifs is 1. The summed E-state index contributed by atoms with van der Waals surface area (Å²) in [4.78, 5) is 34.4. The molecule has 0 fully saturated rings. The van der Waals surface area contributed by atoms with Gasteiger partial charge in [-0.2, -0.15) is 26.6 Å². The number of rotatable bonds is 10. The van der Waals surface area contributed by atoms with Crippen LogP contribution in [0.4, 0.5) is 18.9 Å². The third kappa shape index (κ3) is 6.85. The third-order valence-electron chi connectivity index (χ3n) is 5.01. The first-order valence-electron chi connectivity index (χ1n) is 11.5. The molecule has 0 aliphatic heterocycles. The average Bonchev–Trinajstić information content (AvgIpc) is 3.14. The quantitative estimate of drug-likeness (QED) is 0.0833. The number of hydrogen-bond donors (Lipinski definition) is 0. The zero-order chi connectivity index (χ0) is 29.8. The molecule has 16 heteroatoms. The van der Waals surface area contributed by atoms with Gasteiger partial charge in [-0.1, -0.05) is 0 Å². The van der Waals surface area contributed by atoms with Crippen molar-refractivity contribution in [2.45, 2.75) is 52.3 Å². The number of nitrogens with zero attached hydrogens (tertiary/aromatic N) is 4. The van der Waals surface area contributed by atoms with Crippen molar-refractivity contribution in [3.05, 3.63) is 35.9 Å². The highest BCUT2D eigenvalue weighted by molar-refractivity contribution is 7.88. The highest BCUT2D eigenvalue weighted by Gasteiger charge is 2.49. The van der Waals surface area contributed by atoms with Crippen LogP contribution in [0.1, 0.15) is 34.1 Å². The molecule has 12 nitrogen and oxygen atoms in total. The Kier molecular flexibility index (Phi) is 9.00. The molecule has 0 amide bonds. The molecule has 0 saturated heterocycles. The Hall–Kier alpha value is -4.23. The average molecular weight is 585 g/mol. The first-order valence-corrected chi connectivity index (χ1v) is 12.9. The Bertz CT molecular complexity index is 1560. The van der Waals surface area contributed by atoms with Crippen LogP contribution in [-0.2, 0) is 31.0 Å². The standard InChI is InChI=1S/C24H23F3N4O8S/c1-13(2)36-8-6-7-31-21(16-9-17(37-14(3)32)11-18(10-16)38-15(4)33)19(28-5)20-22(31)23(30-12-29-20)39-40(34,35)24(25,26)27/h9-13H,6-8H2,1-4H3. The molecule has 0 spiro atoms. The number of carbonyl (C=O) groups is 2. The van der Waals surface area contributed by atoms with Crippen LogP contribution in [-0.4, -0.2) is 53.1 Å². The second-order valence-electron chi connectivity index (χ2n) is 8.47. The molecule has 40 heavy (non-hydrogen) atoms. The van der Waals surface area contributed by atoms with Crippen LogP contribution in [0.2, 0.25) is 0 Å². The topological polar surface area (TPSA) is 140 Å². The molecule has 0 atom stereocenters. The van der Waals surface area contributed by atoms with Gasteiger partial charge in [0.15, 0.2) is 0 Å². The summed E-state index contributed by atoms with van der Waals surface area (Å²) in [5.74, 6) is -2.51. The number of carbonyl (C=O) groups excluding carboxylic acids is 2. The van der Waals surface area contributed by atoms with E-state index in [1.54, 1.807) is 13.8 Å². The molecule has 0 radical (unpaired) electrons. The molecule has 214 valence electrons. The molecular formula is C24H23F3N4O8S. The predicted molar refractivity (Wildman–Crippen MR) is 133 cm³/mol. The van der Waals surface area contributed by atoms with E-state index >= 15 is 0 Å². The number of esters is 2. The molecule has 2 aromatic heterocycles. The highest BCUT2D eigenvalue weighted by atomic mass is 32.2. The lowest BCUT2D eigenvalue weighted by atomic mass is 10.1. The summed E-state index contributed by atoms with van der Waals surface area (Å²) in [6, 6.07) is 3.91. The molecule has 0 bridgehead atoms. The molecule has 0 saturated carbocycles. The molecule has 1 aromatic carbocycles. The summed E-state index contributed by atoms with van der Waals surface area (Å²) < 4.78 is 84.6. The first kappa shape index (κ1) is 30.3. The van der Waals surface area contributed by atoms with Gasteiger partial charge in [0.1, 0.15) is 28.9 Å². The normalized spacial score (nSPS) is 11.9. The van der Waals surface area contributed by atoms with E-state index < -0.39 is 33.4 Å². The van der Waals surface area contributed by atoms with Crippen molar-refractivity contribution in [1.29, 1.82) is 0 Å². The summed E-state index contributed by atoms with van der Waals surface area (Å²) in [5, 5.41) is 0. The number of halogens is 3. The zero-order valence-electron chi connectivity index (χ0n) is 21.6. The highest BCUT2D eigenvalue weighted by Crippen LogP contribution is 2.44. The van der Waals surface area contributed by atoms with E-state index in [-0.39, 0.29) is 65.2 Å². The summed E-state index contributed by atoms with van der Waals surface area (Å²) in [5.41, 5.74) is -6.31. The summed E-state index contributed by atoms with van der Waals surface area (Å²) in [6.07, 6.45) is 0.881. The van der Waals surface area contributed by atoms with Crippen molar-refractivity contribution in [2.24, 2.45) is 0 Å². The van der Waals surface area contributed by atoms with Crippen LogP contribution in [0.25, 0.3) is 27.1 Å². The van der Waals surface area contributed by atoms with Crippen LogP contribution < -0.4 is 13.7 Å². The summed E-state index contributed by atoms with van der Waals surface area (Å²) >= 11 is 0. The van der Waals surface area contributed by atoms with E-state index in [1.165, 1.54) is 22.8 Å². The zero-order valence-corrected chi connectivity index (χ0v) is 22.4. The van der Waals surface area contributed by atoms with Crippen molar-refractivity contribution in [1.82, 2.24) is 14.5 Å². The maximum Gasteiger partial charge on any atom is 0.534 e. The SMILES string of the molecule is [C-]#[N+]c1c(-c2cc(OC(C)=O)cc(OC(C)=O)c2)n(CCCOC(C)C)c2c(OS(=O)(=O)C(F)(F)F)ncnc12. The maximum absolute atomic E-state index is 13.1. The molecule has 2 heterocycles. The van der Waals surface area contributed by atoms with E-state index in [0.29, 0.717) is 0 Å². The number of aryl methyl sites for hydroxylation is 1. The van der Waals surface area contributed by atoms with Crippen molar-refractivity contribution < 1.29 is 49.6 Å². The number of hydrogen-bond acceptors (Lipinski definition) is 10. The van der Waals surface area contributed by atoms with Gasteiger partial charge in [0.25, 0.3) is 5.88 Å². The lowest BCUT2D eigenvalue weighted by Gasteiger charge is -2.16. The van der Waals surface area contributed by atoms with E-state index in [9.17, 15) is 31.2 Å². The van der Waals surface area contributed by atoms with Crippen LogP contribution >= 0.6 is 0 Å². The van der Waals surface area contributed by atoms with Crippen LogP contribution in [0.15, 0.2) is 24.5 Å². The lowest BCUT2D eigenvalue weighted by Crippen LogP contribution is -2.28. The minimum Gasteiger partial charge on any atom is -0.427 e. The number of aromatic nitrogens is 3. The number of ether oxygens (including phenoxy) is 3. The van der Waals surface area contributed by atoms with Gasteiger partial charge in [-0.3, -0.25) is 9.59 Å². The molecule has 3 aromatic rings. The van der Waals surface area contributed by atoms with Gasteiger partial charge < -0.3 is 23.0 Å². The van der Waals surface area contributed by atoms with Crippen molar-refractivity contribution in [2.75, 3.05) is 6.61 Å². The van der Waals surface area contributed by atoms with Gasteiger partial charge in [-0.25, -0.2) is 9.83 Å². The first-order chi connectivity index (χ1) is 18.6. The van der Waals surface area contributed by atoms with Gasteiger partial charge in [-0.05, 0) is 38.0 Å². The van der Waals surface area contributed by atoms with Crippen LogP contribution in [0.5, 0.6) is 17.4 Å². The van der Waals surface area contributed by atoms with E-state index in [0.717, 1.165) is 20.2 Å². The van der Waals surface area contributed by atoms with Gasteiger partial charge >= 0.3 is 27.6 Å². The van der Waals surface area contributed by atoms with Gasteiger partial charge in [-0.15, -0.1) is 0 Å². The van der Waals surface area contributed by atoms with Crippen molar-refractivity contribution in [3.8, 4) is 28.6 Å². The lowest BCUT2D eigenvalue weighted by molar-refractivity contribution is -0.132. The monoisotopic (exact) mass is 584 g/mol. The fraction of sp³-hybridized carbons (Fsp3) is 0.375. The van der Waals surface area contributed by atoms with E-state index in [1.807, 2.05) is 0 Å². The summed E-state index contributed by atoms with van der Waals surface area (Å²) in [7, 11) is -6.13. The van der Waals surface area contributed by atoms with Gasteiger partial charge in [0.2, 0.25) is 5.69 Å². The van der Waals surface area contributed by atoms with Crippen LogP contribution in [0, 0.1) is 6.57 Å². The molecule has 0 aliphatic rings. The largest absolute Gasteiger partial charge is 0.534 e. The number of alkyl halides is 3. The van der Waals surface area contributed by atoms with Gasteiger partial charge in [0.05, 0.1) is 18.4 Å². The van der Waals surface area contributed by atoms with Crippen molar-refractivity contribution in [3.63, 3.8) is 0 Å². The maximum atomic E-state index is 13.1. The Balaban J connectivity index is 2.35. The minimum atomic E-state index is -6.13. The molecule has 0 aliphatic carbocycles. The van der Waals surface area contributed by atoms with E-state index in [4.69, 9.17) is 20.8 Å². The Morgan fingerprint density at radius 3 is 2.17 bits per heavy atom. The second kappa shape index (κ2) is 11.9. The Morgan fingerprint density at radius 1 is 1.07 bits per heavy atom. The number of benzene rings is 1. The second-order valence-corrected chi connectivity index (χ2v) is 10.0. The molecule has 3 rings (SSSR count). The summed E-state index contributed by atoms with van der Waals surface area (Å²) in [6.45, 7) is 13.8.